The van der Waals surface area contributed by atoms with Gasteiger partial charge in [-0.25, -0.2) is 0 Å². The Balaban J connectivity index is 1.65. The SMILES string of the molecule is CC(C)(C)OC(=O)C1CCC[C@H]1C(=O)Nc1ccc(-c2ccc(Br)cc2)cc1. The molecule has 1 aliphatic rings. The lowest BCUT2D eigenvalue weighted by atomic mass is 9.94. The number of benzene rings is 2. The fourth-order valence-corrected chi connectivity index (χ4v) is 3.82. The van der Waals surface area contributed by atoms with Crippen LogP contribution in [0.3, 0.4) is 0 Å². The molecule has 1 fully saturated rings. The van der Waals surface area contributed by atoms with Crippen LogP contribution in [0.2, 0.25) is 0 Å². The van der Waals surface area contributed by atoms with Gasteiger partial charge in [-0.2, -0.15) is 0 Å². The Bertz CT molecular complexity index is 838. The highest BCUT2D eigenvalue weighted by molar-refractivity contribution is 9.10. The van der Waals surface area contributed by atoms with Crippen LogP contribution in [0.4, 0.5) is 5.69 Å². The molecule has 0 aliphatic heterocycles. The summed E-state index contributed by atoms with van der Waals surface area (Å²) >= 11 is 3.44. The van der Waals surface area contributed by atoms with Gasteiger partial charge in [0.2, 0.25) is 5.91 Å². The summed E-state index contributed by atoms with van der Waals surface area (Å²) < 4.78 is 6.54. The molecule has 148 valence electrons. The van der Waals surface area contributed by atoms with E-state index in [1.54, 1.807) is 0 Å². The molecular formula is C23H26BrNO3. The maximum absolute atomic E-state index is 12.8. The quantitative estimate of drug-likeness (QED) is 0.606. The average molecular weight is 444 g/mol. The third-order valence-electron chi connectivity index (χ3n) is 4.89. The fourth-order valence-electron chi connectivity index (χ4n) is 3.56. The van der Waals surface area contributed by atoms with Crippen molar-refractivity contribution in [3.8, 4) is 11.1 Å². The van der Waals surface area contributed by atoms with Crippen molar-refractivity contribution in [1.82, 2.24) is 0 Å². The number of amides is 1. The van der Waals surface area contributed by atoms with Crippen LogP contribution >= 0.6 is 15.9 Å². The van der Waals surface area contributed by atoms with Gasteiger partial charge in [-0.05, 0) is 69.0 Å². The van der Waals surface area contributed by atoms with Crippen LogP contribution in [0.25, 0.3) is 11.1 Å². The number of hydrogen-bond acceptors (Lipinski definition) is 3. The molecule has 0 spiro atoms. The number of anilines is 1. The molecule has 28 heavy (non-hydrogen) atoms. The molecule has 1 saturated carbocycles. The second-order valence-corrected chi connectivity index (χ2v) is 9.17. The molecule has 4 nitrogen and oxygen atoms in total. The van der Waals surface area contributed by atoms with E-state index >= 15 is 0 Å². The zero-order chi connectivity index (χ0) is 20.3. The number of rotatable bonds is 4. The molecule has 5 heteroatoms. The average Bonchev–Trinajstić information content (AvgIpc) is 3.12. The number of ether oxygens (including phenoxy) is 1. The molecule has 1 N–H and O–H groups in total. The molecule has 0 radical (unpaired) electrons. The Morgan fingerprint density at radius 2 is 1.46 bits per heavy atom. The van der Waals surface area contributed by atoms with Crippen molar-refractivity contribution in [3.63, 3.8) is 0 Å². The van der Waals surface area contributed by atoms with Crippen molar-refractivity contribution in [3.05, 3.63) is 53.0 Å². The molecule has 3 rings (SSSR count). The molecule has 2 aromatic carbocycles. The van der Waals surface area contributed by atoms with Crippen LogP contribution in [0, 0.1) is 11.8 Å². The van der Waals surface area contributed by atoms with Crippen LogP contribution in [0.15, 0.2) is 53.0 Å². The molecule has 0 saturated heterocycles. The van der Waals surface area contributed by atoms with E-state index in [9.17, 15) is 9.59 Å². The molecular weight excluding hydrogens is 418 g/mol. The second-order valence-electron chi connectivity index (χ2n) is 8.25. The molecule has 1 unspecified atom stereocenters. The summed E-state index contributed by atoms with van der Waals surface area (Å²) in [4.78, 5) is 25.2. The highest BCUT2D eigenvalue weighted by Crippen LogP contribution is 2.35. The minimum Gasteiger partial charge on any atom is -0.460 e. The molecule has 0 aromatic heterocycles. The smallest absolute Gasteiger partial charge is 0.310 e. The summed E-state index contributed by atoms with van der Waals surface area (Å²) in [5.74, 6) is -1.07. The Labute approximate surface area is 174 Å². The molecule has 1 aliphatic carbocycles. The summed E-state index contributed by atoms with van der Waals surface area (Å²) in [6.45, 7) is 5.55. The minimum absolute atomic E-state index is 0.107. The Morgan fingerprint density at radius 3 is 2.04 bits per heavy atom. The number of carbonyl (C=O) groups is 2. The fraction of sp³-hybridized carbons (Fsp3) is 0.391. The molecule has 0 bridgehead atoms. The number of halogens is 1. The van der Waals surface area contributed by atoms with Crippen molar-refractivity contribution in [2.45, 2.75) is 45.6 Å². The predicted molar refractivity (Wildman–Crippen MR) is 115 cm³/mol. The number of hydrogen-bond donors (Lipinski definition) is 1. The van der Waals surface area contributed by atoms with E-state index in [4.69, 9.17) is 4.74 Å². The Morgan fingerprint density at radius 1 is 0.929 bits per heavy atom. The van der Waals surface area contributed by atoms with Crippen molar-refractivity contribution in [2.24, 2.45) is 11.8 Å². The third-order valence-corrected chi connectivity index (χ3v) is 5.42. The Kier molecular flexibility index (Phi) is 6.23. The van der Waals surface area contributed by atoms with Gasteiger partial charge in [-0.15, -0.1) is 0 Å². The first-order chi connectivity index (χ1) is 13.2. The lowest BCUT2D eigenvalue weighted by Gasteiger charge is -2.24. The Hall–Kier alpha value is -2.14. The first kappa shape index (κ1) is 20.6. The van der Waals surface area contributed by atoms with E-state index in [1.807, 2.05) is 69.3 Å². The highest BCUT2D eigenvalue weighted by atomic mass is 79.9. The molecule has 0 heterocycles. The van der Waals surface area contributed by atoms with E-state index in [1.165, 1.54) is 0 Å². The van der Waals surface area contributed by atoms with Crippen LogP contribution in [-0.4, -0.2) is 17.5 Å². The van der Waals surface area contributed by atoms with Gasteiger partial charge in [0.1, 0.15) is 5.60 Å². The van der Waals surface area contributed by atoms with Gasteiger partial charge >= 0.3 is 5.97 Å². The van der Waals surface area contributed by atoms with Crippen molar-refractivity contribution in [1.29, 1.82) is 0 Å². The molecule has 1 amide bonds. The summed E-state index contributed by atoms with van der Waals surface area (Å²) in [5.41, 5.74) is 2.39. The van der Waals surface area contributed by atoms with Gasteiger partial charge in [-0.1, -0.05) is 46.6 Å². The molecule has 2 aromatic rings. The van der Waals surface area contributed by atoms with Gasteiger partial charge in [-0.3, -0.25) is 9.59 Å². The lowest BCUT2D eigenvalue weighted by molar-refractivity contribution is -0.162. The highest BCUT2D eigenvalue weighted by Gasteiger charge is 2.40. The number of esters is 1. The van der Waals surface area contributed by atoms with E-state index in [0.717, 1.165) is 27.7 Å². The lowest BCUT2D eigenvalue weighted by Crippen LogP contribution is -2.34. The minimum atomic E-state index is -0.538. The second kappa shape index (κ2) is 8.48. The first-order valence-corrected chi connectivity index (χ1v) is 10.4. The zero-order valence-corrected chi connectivity index (χ0v) is 18.1. The van der Waals surface area contributed by atoms with Gasteiger partial charge in [0.05, 0.1) is 11.8 Å². The number of nitrogens with one attached hydrogen (secondary N) is 1. The van der Waals surface area contributed by atoms with Crippen LogP contribution in [-0.2, 0) is 14.3 Å². The summed E-state index contributed by atoms with van der Waals surface area (Å²) in [7, 11) is 0. The van der Waals surface area contributed by atoms with Gasteiger partial charge in [0, 0.05) is 10.2 Å². The van der Waals surface area contributed by atoms with Gasteiger partial charge < -0.3 is 10.1 Å². The topological polar surface area (TPSA) is 55.4 Å². The zero-order valence-electron chi connectivity index (χ0n) is 16.5. The van der Waals surface area contributed by atoms with Crippen LogP contribution < -0.4 is 5.32 Å². The van der Waals surface area contributed by atoms with Crippen molar-refractivity contribution < 1.29 is 14.3 Å². The van der Waals surface area contributed by atoms with Crippen LogP contribution in [0.5, 0.6) is 0 Å². The van der Waals surface area contributed by atoms with Gasteiger partial charge in [0.15, 0.2) is 0 Å². The summed E-state index contributed by atoms with van der Waals surface area (Å²) in [5, 5.41) is 2.97. The monoisotopic (exact) mass is 443 g/mol. The predicted octanol–water partition coefficient (Wildman–Crippen LogP) is 5.81. The van der Waals surface area contributed by atoms with Crippen LogP contribution in [0.1, 0.15) is 40.0 Å². The van der Waals surface area contributed by atoms with E-state index in [-0.39, 0.29) is 23.7 Å². The standard InChI is InChI=1S/C23H26BrNO3/c1-23(2,3)28-22(27)20-6-4-5-19(20)21(26)25-18-13-9-16(10-14-18)15-7-11-17(24)12-8-15/h7-14,19-20H,4-6H2,1-3H3,(H,25,26)/t19-,20?/m1/s1. The summed E-state index contributed by atoms with van der Waals surface area (Å²) in [6, 6.07) is 15.9. The first-order valence-electron chi connectivity index (χ1n) is 9.63. The van der Waals surface area contributed by atoms with Crippen molar-refractivity contribution >= 4 is 33.5 Å². The van der Waals surface area contributed by atoms with E-state index in [0.29, 0.717) is 12.8 Å². The normalized spacial score (nSPS) is 19.3. The maximum atomic E-state index is 12.8. The third kappa shape index (κ3) is 5.22. The van der Waals surface area contributed by atoms with Crippen molar-refractivity contribution in [2.75, 3.05) is 5.32 Å². The van der Waals surface area contributed by atoms with E-state index in [2.05, 4.69) is 21.2 Å². The molecule has 2 atom stereocenters. The van der Waals surface area contributed by atoms with Gasteiger partial charge in [0.25, 0.3) is 0 Å². The summed E-state index contributed by atoms with van der Waals surface area (Å²) in [6.07, 6.45) is 2.28. The largest absolute Gasteiger partial charge is 0.460 e. The maximum Gasteiger partial charge on any atom is 0.310 e. The number of carbonyl (C=O) groups excluding carboxylic acids is 2. The van der Waals surface area contributed by atoms with E-state index < -0.39 is 5.60 Å².